The zero-order valence-electron chi connectivity index (χ0n) is 16.3. The van der Waals surface area contributed by atoms with Crippen LogP contribution in [-0.4, -0.2) is 41.2 Å². The van der Waals surface area contributed by atoms with Crippen molar-refractivity contribution in [1.82, 2.24) is 4.90 Å². The molecule has 0 radical (unpaired) electrons. The van der Waals surface area contributed by atoms with E-state index in [2.05, 4.69) is 5.32 Å². The molecule has 1 aromatic carbocycles. The number of fused-ring (bicyclic) bond motifs is 1. The van der Waals surface area contributed by atoms with Crippen LogP contribution in [0.3, 0.4) is 0 Å². The van der Waals surface area contributed by atoms with Crippen LogP contribution in [0.4, 0.5) is 5.69 Å². The van der Waals surface area contributed by atoms with Crippen molar-refractivity contribution in [3.05, 3.63) is 29.8 Å². The molecule has 1 aliphatic heterocycles. The van der Waals surface area contributed by atoms with Gasteiger partial charge in [0.2, 0.25) is 11.8 Å². The predicted molar refractivity (Wildman–Crippen MR) is 102 cm³/mol. The average molecular weight is 386 g/mol. The van der Waals surface area contributed by atoms with Crippen LogP contribution in [0.1, 0.15) is 45.1 Å². The van der Waals surface area contributed by atoms with Gasteiger partial charge in [-0.05, 0) is 43.9 Å². The minimum atomic E-state index is -1.03. The summed E-state index contributed by atoms with van der Waals surface area (Å²) in [6, 6.07) is 6.36. The first-order chi connectivity index (χ1) is 13.4. The minimum absolute atomic E-state index is 0.292. The molecule has 1 saturated heterocycles. The van der Waals surface area contributed by atoms with Gasteiger partial charge in [0, 0.05) is 5.69 Å². The third kappa shape index (κ3) is 4.08. The van der Waals surface area contributed by atoms with E-state index in [-0.39, 0.29) is 23.7 Å². The number of benzene rings is 1. The number of nitrogens with zero attached hydrogens (tertiary/aromatic N) is 1. The molecule has 1 saturated carbocycles. The number of anilines is 1. The number of nitrogens with one attached hydrogen (secondary N) is 1. The molecule has 0 unspecified atom stereocenters. The SMILES string of the molecule is CCc1ccc(NC(=O)COC(=O)[C@H](C)N2C(=O)[C@H]3CCCC[C@H]3C2=O)cc1. The molecule has 1 heterocycles. The van der Waals surface area contributed by atoms with Gasteiger partial charge in [-0.2, -0.15) is 0 Å². The molecular formula is C21H26N2O5. The van der Waals surface area contributed by atoms with Gasteiger partial charge in [-0.15, -0.1) is 0 Å². The second-order valence-corrected chi connectivity index (χ2v) is 7.43. The van der Waals surface area contributed by atoms with Crippen molar-refractivity contribution in [2.75, 3.05) is 11.9 Å². The van der Waals surface area contributed by atoms with Gasteiger partial charge in [-0.3, -0.25) is 19.3 Å². The van der Waals surface area contributed by atoms with Gasteiger partial charge in [-0.1, -0.05) is 31.9 Å². The van der Waals surface area contributed by atoms with Crippen LogP contribution in [0.15, 0.2) is 24.3 Å². The number of esters is 1. The summed E-state index contributed by atoms with van der Waals surface area (Å²) in [7, 11) is 0. The molecule has 2 aliphatic rings. The quantitative estimate of drug-likeness (QED) is 0.598. The lowest BCUT2D eigenvalue weighted by molar-refractivity contribution is -0.159. The van der Waals surface area contributed by atoms with E-state index in [0.717, 1.165) is 29.7 Å². The van der Waals surface area contributed by atoms with Gasteiger partial charge < -0.3 is 10.1 Å². The van der Waals surface area contributed by atoms with E-state index in [4.69, 9.17) is 4.74 Å². The number of imide groups is 1. The first-order valence-corrected chi connectivity index (χ1v) is 9.84. The molecule has 0 spiro atoms. The van der Waals surface area contributed by atoms with Crippen molar-refractivity contribution in [3.63, 3.8) is 0 Å². The number of rotatable bonds is 6. The third-order valence-electron chi connectivity index (χ3n) is 5.60. The fourth-order valence-electron chi connectivity index (χ4n) is 3.95. The van der Waals surface area contributed by atoms with E-state index < -0.39 is 24.5 Å². The number of carbonyl (C=O) groups is 4. The van der Waals surface area contributed by atoms with E-state index in [1.165, 1.54) is 6.92 Å². The van der Waals surface area contributed by atoms with Crippen molar-refractivity contribution in [2.45, 2.75) is 52.0 Å². The van der Waals surface area contributed by atoms with Gasteiger partial charge >= 0.3 is 5.97 Å². The van der Waals surface area contributed by atoms with Gasteiger partial charge in [0.15, 0.2) is 6.61 Å². The minimum Gasteiger partial charge on any atom is -0.454 e. The van der Waals surface area contributed by atoms with Gasteiger partial charge in [-0.25, -0.2) is 4.79 Å². The Morgan fingerprint density at radius 1 is 1.11 bits per heavy atom. The molecular weight excluding hydrogens is 360 g/mol. The second-order valence-electron chi connectivity index (χ2n) is 7.43. The lowest BCUT2D eigenvalue weighted by Crippen LogP contribution is -2.45. The maximum absolute atomic E-state index is 12.5. The highest BCUT2D eigenvalue weighted by Gasteiger charge is 2.51. The fourth-order valence-corrected chi connectivity index (χ4v) is 3.95. The van der Waals surface area contributed by atoms with Crippen LogP contribution in [0, 0.1) is 11.8 Å². The Bertz CT molecular complexity index is 750. The second kappa shape index (κ2) is 8.54. The molecule has 28 heavy (non-hydrogen) atoms. The number of hydrogen-bond acceptors (Lipinski definition) is 5. The third-order valence-corrected chi connectivity index (χ3v) is 5.60. The highest BCUT2D eigenvalue weighted by molar-refractivity contribution is 6.08. The molecule has 1 aromatic rings. The Balaban J connectivity index is 1.53. The molecule has 7 heteroatoms. The molecule has 3 rings (SSSR count). The molecule has 1 N–H and O–H groups in total. The highest BCUT2D eigenvalue weighted by atomic mass is 16.5. The van der Waals surface area contributed by atoms with Crippen molar-refractivity contribution in [2.24, 2.45) is 11.8 Å². The molecule has 2 fully saturated rings. The monoisotopic (exact) mass is 386 g/mol. The summed E-state index contributed by atoms with van der Waals surface area (Å²) in [5.41, 5.74) is 1.76. The topological polar surface area (TPSA) is 92.8 Å². The summed E-state index contributed by atoms with van der Waals surface area (Å²) in [6.45, 7) is 3.04. The Morgan fingerprint density at radius 3 is 2.21 bits per heavy atom. The number of hydrogen-bond donors (Lipinski definition) is 1. The smallest absolute Gasteiger partial charge is 0.329 e. The number of aryl methyl sites for hydroxylation is 1. The van der Waals surface area contributed by atoms with Crippen molar-refractivity contribution in [3.8, 4) is 0 Å². The first kappa shape index (κ1) is 20.0. The average Bonchev–Trinajstić information content (AvgIpc) is 2.97. The van der Waals surface area contributed by atoms with E-state index >= 15 is 0 Å². The number of likely N-dealkylation sites (tertiary alicyclic amines) is 1. The van der Waals surface area contributed by atoms with Crippen molar-refractivity contribution < 1.29 is 23.9 Å². The van der Waals surface area contributed by atoms with Gasteiger partial charge in [0.1, 0.15) is 6.04 Å². The Labute approximate surface area is 164 Å². The highest BCUT2D eigenvalue weighted by Crippen LogP contribution is 2.38. The molecule has 3 amide bonds. The zero-order chi connectivity index (χ0) is 20.3. The van der Waals surface area contributed by atoms with E-state index in [1.807, 2.05) is 19.1 Å². The Morgan fingerprint density at radius 2 is 1.68 bits per heavy atom. The first-order valence-electron chi connectivity index (χ1n) is 9.84. The number of carbonyl (C=O) groups excluding carboxylic acids is 4. The van der Waals surface area contributed by atoms with Crippen LogP contribution in [0.25, 0.3) is 0 Å². The standard InChI is InChI=1S/C21H26N2O5/c1-3-14-8-10-15(11-9-14)22-18(24)12-28-21(27)13(2)23-19(25)16-6-4-5-7-17(16)20(23)26/h8-11,13,16-17H,3-7,12H2,1-2H3,(H,22,24)/t13-,16-,17+/m0/s1. The molecule has 1 aliphatic carbocycles. The van der Waals surface area contributed by atoms with Crippen LogP contribution < -0.4 is 5.32 Å². The van der Waals surface area contributed by atoms with Crippen LogP contribution >= 0.6 is 0 Å². The van der Waals surface area contributed by atoms with E-state index in [0.29, 0.717) is 18.5 Å². The lowest BCUT2D eigenvalue weighted by Gasteiger charge is -2.21. The predicted octanol–water partition coefficient (Wildman–Crippen LogP) is 2.29. The molecule has 3 atom stereocenters. The summed E-state index contributed by atoms with van der Waals surface area (Å²) >= 11 is 0. The van der Waals surface area contributed by atoms with Crippen LogP contribution in [-0.2, 0) is 30.3 Å². The summed E-state index contributed by atoms with van der Waals surface area (Å²) in [4.78, 5) is 50.5. The van der Waals surface area contributed by atoms with Crippen molar-refractivity contribution in [1.29, 1.82) is 0 Å². The van der Waals surface area contributed by atoms with E-state index in [1.54, 1.807) is 12.1 Å². The molecule has 150 valence electrons. The van der Waals surface area contributed by atoms with Gasteiger partial charge in [0.05, 0.1) is 11.8 Å². The largest absolute Gasteiger partial charge is 0.454 e. The van der Waals surface area contributed by atoms with Crippen molar-refractivity contribution >= 4 is 29.4 Å². The Hall–Kier alpha value is -2.70. The fraction of sp³-hybridized carbons (Fsp3) is 0.524. The normalized spacial score (nSPS) is 22.6. The Kier molecular flexibility index (Phi) is 6.11. The lowest BCUT2D eigenvalue weighted by atomic mass is 9.81. The molecule has 0 bridgehead atoms. The number of amides is 3. The zero-order valence-corrected chi connectivity index (χ0v) is 16.3. The summed E-state index contributed by atoms with van der Waals surface area (Å²) < 4.78 is 5.05. The molecule has 0 aromatic heterocycles. The van der Waals surface area contributed by atoms with Crippen LogP contribution in [0.2, 0.25) is 0 Å². The summed E-state index contributed by atoms with van der Waals surface area (Å²) in [5, 5.41) is 2.65. The maximum Gasteiger partial charge on any atom is 0.329 e. The van der Waals surface area contributed by atoms with Gasteiger partial charge in [0.25, 0.3) is 5.91 Å². The maximum atomic E-state index is 12.5. The van der Waals surface area contributed by atoms with E-state index in [9.17, 15) is 19.2 Å². The summed E-state index contributed by atoms with van der Waals surface area (Å²) in [5.74, 6) is -2.44. The van der Waals surface area contributed by atoms with Crippen LogP contribution in [0.5, 0.6) is 0 Å². The summed E-state index contributed by atoms with van der Waals surface area (Å²) in [6.07, 6.45) is 4.12. The molecule has 7 nitrogen and oxygen atoms in total. The number of ether oxygens (including phenoxy) is 1.